The van der Waals surface area contributed by atoms with Gasteiger partial charge in [-0.3, -0.25) is 9.59 Å². The molecule has 2 amide bonds. The summed E-state index contributed by atoms with van der Waals surface area (Å²) < 4.78 is 5.64. The van der Waals surface area contributed by atoms with E-state index in [0.29, 0.717) is 18.3 Å². The van der Waals surface area contributed by atoms with E-state index < -0.39 is 0 Å². The van der Waals surface area contributed by atoms with Crippen LogP contribution < -0.4 is 15.4 Å². The number of fused-ring (bicyclic) bond motifs is 1. The molecule has 0 bridgehead atoms. The van der Waals surface area contributed by atoms with E-state index in [2.05, 4.69) is 31.4 Å². The van der Waals surface area contributed by atoms with Gasteiger partial charge in [-0.25, -0.2) is 0 Å². The fourth-order valence-corrected chi connectivity index (χ4v) is 4.67. The quantitative estimate of drug-likeness (QED) is 0.853. The largest absolute Gasteiger partial charge is 0.484 e. The van der Waals surface area contributed by atoms with E-state index in [9.17, 15) is 9.59 Å². The van der Waals surface area contributed by atoms with Crippen molar-refractivity contribution >= 4 is 11.8 Å². The van der Waals surface area contributed by atoms with Gasteiger partial charge in [-0.1, -0.05) is 39.0 Å². The van der Waals surface area contributed by atoms with Crippen molar-refractivity contribution in [2.45, 2.75) is 65.5 Å². The number of piperidine rings is 1. The predicted octanol–water partition coefficient (Wildman–Crippen LogP) is 3.21. The Balaban J connectivity index is 1.54. The average Bonchev–Trinajstić information content (AvgIpc) is 2.59. The lowest BCUT2D eigenvalue weighted by Crippen LogP contribution is -2.57. The van der Waals surface area contributed by atoms with Gasteiger partial charge in [-0.05, 0) is 55.1 Å². The first-order valence-electron chi connectivity index (χ1n) is 10.0. The number of para-hydroxylation sites is 1. The zero-order valence-corrected chi connectivity index (χ0v) is 16.9. The van der Waals surface area contributed by atoms with Crippen molar-refractivity contribution < 1.29 is 14.3 Å². The molecule has 4 atom stereocenters. The van der Waals surface area contributed by atoms with E-state index in [1.54, 1.807) is 0 Å². The number of carbonyl (C=O) groups excluding carboxylic acids is 2. The van der Waals surface area contributed by atoms with Crippen LogP contribution in [0.4, 0.5) is 0 Å². The summed E-state index contributed by atoms with van der Waals surface area (Å²) in [6.07, 6.45) is 3.42. The molecule has 148 valence electrons. The molecule has 1 saturated heterocycles. The van der Waals surface area contributed by atoms with E-state index in [4.69, 9.17) is 4.74 Å². The number of ether oxygens (including phenoxy) is 1. The maximum atomic E-state index is 12.3. The molecule has 3 rings (SSSR count). The summed E-state index contributed by atoms with van der Waals surface area (Å²) in [4.78, 5) is 24.5. The Labute approximate surface area is 162 Å². The Morgan fingerprint density at radius 3 is 2.70 bits per heavy atom. The molecule has 0 spiro atoms. The topological polar surface area (TPSA) is 67.4 Å². The van der Waals surface area contributed by atoms with Crippen LogP contribution in [0.25, 0.3) is 0 Å². The minimum Gasteiger partial charge on any atom is -0.484 e. The van der Waals surface area contributed by atoms with Crippen molar-refractivity contribution in [1.29, 1.82) is 0 Å². The SMILES string of the molecule is Cc1ccccc1OCC(=O)NC1CCC2C(C1)NC(=O)CC2C(C)(C)C. The third kappa shape index (κ3) is 4.82. The summed E-state index contributed by atoms with van der Waals surface area (Å²) in [5, 5.41) is 6.26. The lowest BCUT2D eigenvalue weighted by atomic mass is 9.62. The molecular weight excluding hydrogens is 340 g/mol. The highest BCUT2D eigenvalue weighted by molar-refractivity contribution is 5.78. The second kappa shape index (κ2) is 7.91. The highest BCUT2D eigenvalue weighted by Gasteiger charge is 2.45. The molecule has 1 aliphatic heterocycles. The Hall–Kier alpha value is -2.04. The minimum atomic E-state index is -0.101. The standard InChI is InChI=1S/C22H32N2O3/c1-14-7-5-6-8-19(14)27-13-21(26)23-15-9-10-16-17(22(2,3)4)12-20(25)24-18(16)11-15/h5-8,15-18H,9-13H2,1-4H3,(H,23,26)(H,24,25). The zero-order chi connectivity index (χ0) is 19.6. The first-order valence-corrected chi connectivity index (χ1v) is 10.0. The molecule has 1 aromatic carbocycles. The number of carbonyl (C=O) groups is 2. The fraction of sp³-hybridized carbons (Fsp3) is 0.636. The van der Waals surface area contributed by atoms with Gasteiger partial charge >= 0.3 is 0 Å². The Kier molecular flexibility index (Phi) is 5.78. The highest BCUT2D eigenvalue weighted by Crippen LogP contribution is 2.44. The van der Waals surface area contributed by atoms with Crippen molar-refractivity contribution in [3.8, 4) is 5.75 Å². The summed E-state index contributed by atoms with van der Waals surface area (Å²) >= 11 is 0. The molecular formula is C22H32N2O3. The van der Waals surface area contributed by atoms with Crippen LogP contribution in [0.1, 0.15) is 52.0 Å². The van der Waals surface area contributed by atoms with Gasteiger partial charge in [0.25, 0.3) is 5.91 Å². The van der Waals surface area contributed by atoms with Crippen LogP contribution in [-0.4, -0.2) is 30.5 Å². The molecule has 5 heteroatoms. The Morgan fingerprint density at radius 1 is 1.26 bits per heavy atom. The lowest BCUT2D eigenvalue weighted by Gasteiger charge is -2.48. The van der Waals surface area contributed by atoms with E-state index in [0.717, 1.165) is 30.6 Å². The van der Waals surface area contributed by atoms with Gasteiger partial charge in [0.2, 0.25) is 5.91 Å². The molecule has 27 heavy (non-hydrogen) atoms. The molecule has 1 saturated carbocycles. The van der Waals surface area contributed by atoms with Crippen molar-refractivity contribution in [3.63, 3.8) is 0 Å². The van der Waals surface area contributed by atoms with E-state index >= 15 is 0 Å². The first-order chi connectivity index (χ1) is 12.7. The van der Waals surface area contributed by atoms with Gasteiger partial charge < -0.3 is 15.4 Å². The van der Waals surface area contributed by atoms with Crippen molar-refractivity contribution in [2.24, 2.45) is 17.3 Å². The molecule has 4 unspecified atom stereocenters. The van der Waals surface area contributed by atoms with Crippen molar-refractivity contribution in [3.05, 3.63) is 29.8 Å². The first kappa shape index (κ1) is 19.7. The average molecular weight is 373 g/mol. The normalized spacial score (nSPS) is 28.1. The molecule has 2 aliphatic rings. The molecule has 1 aromatic rings. The Bertz CT molecular complexity index is 695. The second-order valence-corrected chi connectivity index (χ2v) is 9.15. The van der Waals surface area contributed by atoms with Crippen LogP contribution in [0, 0.1) is 24.2 Å². The van der Waals surface area contributed by atoms with Gasteiger partial charge in [0.15, 0.2) is 6.61 Å². The summed E-state index contributed by atoms with van der Waals surface area (Å²) in [6, 6.07) is 7.94. The second-order valence-electron chi connectivity index (χ2n) is 9.15. The minimum absolute atomic E-state index is 0.0203. The summed E-state index contributed by atoms with van der Waals surface area (Å²) in [6.45, 7) is 8.66. The molecule has 1 aliphatic carbocycles. The number of hydrogen-bond donors (Lipinski definition) is 2. The smallest absolute Gasteiger partial charge is 0.258 e. The van der Waals surface area contributed by atoms with Gasteiger partial charge in [0.1, 0.15) is 5.75 Å². The van der Waals surface area contributed by atoms with E-state index in [-0.39, 0.29) is 35.9 Å². The maximum absolute atomic E-state index is 12.3. The van der Waals surface area contributed by atoms with Crippen LogP contribution in [0.2, 0.25) is 0 Å². The number of hydrogen-bond acceptors (Lipinski definition) is 3. The molecule has 0 aromatic heterocycles. The van der Waals surface area contributed by atoms with Gasteiger partial charge in [0, 0.05) is 18.5 Å². The monoisotopic (exact) mass is 372 g/mol. The number of amides is 2. The van der Waals surface area contributed by atoms with Crippen LogP contribution in [0.15, 0.2) is 24.3 Å². The Morgan fingerprint density at radius 2 is 2.00 bits per heavy atom. The van der Waals surface area contributed by atoms with Crippen molar-refractivity contribution in [2.75, 3.05) is 6.61 Å². The van der Waals surface area contributed by atoms with Gasteiger partial charge in [0.05, 0.1) is 0 Å². The molecule has 1 heterocycles. The number of benzene rings is 1. The van der Waals surface area contributed by atoms with Gasteiger partial charge in [-0.2, -0.15) is 0 Å². The molecule has 2 N–H and O–H groups in total. The summed E-state index contributed by atoms with van der Waals surface area (Å²) in [5.41, 5.74) is 1.14. The summed E-state index contributed by atoms with van der Waals surface area (Å²) in [7, 11) is 0. The van der Waals surface area contributed by atoms with Crippen LogP contribution in [-0.2, 0) is 9.59 Å². The molecule has 2 fully saturated rings. The number of nitrogens with one attached hydrogen (secondary N) is 2. The van der Waals surface area contributed by atoms with Crippen LogP contribution in [0.5, 0.6) is 5.75 Å². The summed E-state index contributed by atoms with van der Waals surface area (Å²) in [5.74, 6) is 1.68. The predicted molar refractivity (Wildman–Crippen MR) is 105 cm³/mol. The van der Waals surface area contributed by atoms with Crippen molar-refractivity contribution in [1.82, 2.24) is 10.6 Å². The third-order valence-electron chi connectivity index (χ3n) is 6.10. The van der Waals surface area contributed by atoms with E-state index in [1.165, 1.54) is 0 Å². The highest BCUT2D eigenvalue weighted by atomic mass is 16.5. The lowest BCUT2D eigenvalue weighted by molar-refractivity contribution is -0.130. The van der Waals surface area contributed by atoms with Gasteiger partial charge in [-0.15, -0.1) is 0 Å². The molecule has 0 radical (unpaired) electrons. The molecule has 5 nitrogen and oxygen atoms in total. The van der Waals surface area contributed by atoms with E-state index in [1.807, 2.05) is 31.2 Å². The third-order valence-corrected chi connectivity index (χ3v) is 6.10. The maximum Gasteiger partial charge on any atom is 0.258 e. The number of rotatable bonds is 4. The number of aryl methyl sites for hydroxylation is 1. The fourth-order valence-electron chi connectivity index (χ4n) is 4.67. The van der Waals surface area contributed by atoms with Crippen LogP contribution >= 0.6 is 0 Å². The zero-order valence-electron chi connectivity index (χ0n) is 16.9. The van der Waals surface area contributed by atoms with Crippen LogP contribution in [0.3, 0.4) is 0 Å².